The van der Waals surface area contributed by atoms with Crippen molar-refractivity contribution in [1.29, 1.82) is 0 Å². The highest BCUT2D eigenvalue weighted by molar-refractivity contribution is 7.80. The van der Waals surface area contributed by atoms with Gasteiger partial charge >= 0.3 is 22.2 Å². The van der Waals surface area contributed by atoms with E-state index in [0.717, 1.165) is 19.3 Å². The molecular weight excluding hydrogens is 536 g/mol. The number of unbranched alkanes of at least 4 members (excludes halogenated alkanes) is 3. The van der Waals surface area contributed by atoms with Crippen LogP contribution in [0.4, 0.5) is 0 Å². The van der Waals surface area contributed by atoms with Crippen LogP contribution in [-0.4, -0.2) is 89.2 Å². The lowest BCUT2D eigenvalue weighted by atomic mass is 9.87. The summed E-state index contributed by atoms with van der Waals surface area (Å²) < 4.78 is 90.0. The fourth-order valence-electron chi connectivity index (χ4n) is 4.77. The molecule has 0 bridgehead atoms. The molecule has 0 aliphatic carbocycles. The van der Waals surface area contributed by atoms with E-state index in [0.29, 0.717) is 6.42 Å². The van der Waals surface area contributed by atoms with E-state index in [9.17, 15) is 13.0 Å². The average molecular weight is 591 g/mol. The van der Waals surface area contributed by atoms with Crippen molar-refractivity contribution in [3.8, 4) is 0 Å². The van der Waals surface area contributed by atoms with Crippen LogP contribution in [0.1, 0.15) is 94.4 Å². The third-order valence-corrected chi connectivity index (χ3v) is 6.16. The summed E-state index contributed by atoms with van der Waals surface area (Å²) in [5.41, 5.74) is 0. The number of rotatable bonds is 26. The Kier molecular flexibility index (Phi) is 18.7. The van der Waals surface area contributed by atoms with Gasteiger partial charge in [0, 0.05) is 59.3 Å². The normalized spacial score (nSPS) is 13.8. The Bertz CT molecular complexity index is 706. The minimum Gasteiger partial charge on any atom is -0.345 e. The number of hydrogen-bond acceptors (Lipinski definition) is 11. The number of hydrogen-bond donors (Lipinski definition) is 1. The van der Waals surface area contributed by atoms with Crippen molar-refractivity contribution in [2.45, 2.75) is 118 Å². The fourth-order valence-corrected chi connectivity index (χ4v) is 5.25. The summed E-state index contributed by atoms with van der Waals surface area (Å²) in [5, 5.41) is 0. The van der Waals surface area contributed by atoms with Gasteiger partial charge in [0.05, 0.1) is 0 Å². The summed E-state index contributed by atoms with van der Waals surface area (Å²) in [6, 6.07) is 0. The second kappa shape index (κ2) is 18.9. The zero-order chi connectivity index (χ0) is 30.1. The molecule has 0 fully saturated rings. The third kappa shape index (κ3) is 9.27. The van der Waals surface area contributed by atoms with Gasteiger partial charge in [-0.15, -0.1) is 0 Å². The quantitative estimate of drug-likeness (QED) is 0.0840. The zero-order valence-corrected chi connectivity index (χ0v) is 26.4. The van der Waals surface area contributed by atoms with Gasteiger partial charge in [-0.3, -0.25) is 4.55 Å². The van der Waals surface area contributed by atoms with E-state index in [4.69, 9.17) is 42.1 Å². The molecule has 0 heterocycles. The molecule has 0 saturated heterocycles. The summed E-state index contributed by atoms with van der Waals surface area (Å²) in [7, 11) is -5.23. The average Bonchev–Trinajstić information content (AvgIpc) is 2.85. The highest BCUT2D eigenvalue weighted by atomic mass is 32.3. The van der Waals surface area contributed by atoms with Crippen LogP contribution in [0.5, 0.6) is 0 Å². The summed E-state index contributed by atoms with van der Waals surface area (Å²) in [6.45, 7) is 15.6. The van der Waals surface area contributed by atoms with Gasteiger partial charge < -0.3 is 37.9 Å². The molecule has 0 spiro atoms. The Morgan fingerprint density at radius 1 is 0.513 bits per heavy atom. The first-order chi connectivity index (χ1) is 18.5. The maximum Gasteiger partial charge on any atom is 0.402 e. The molecule has 0 amide bonds. The van der Waals surface area contributed by atoms with Crippen LogP contribution in [0.3, 0.4) is 0 Å². The van der Waals surface area contributed by atoms with Crippen LogP contribution in [0.2, 0.25) is 0 Å². The third-order valence-electron chi connectivity index (χ3n) is 5.73. The van der Waals surface area contributed by atoms with E-state index in [-0.39, 0.29) is 59.3 Å². The van der Waals surface area contributed by atoms with E-state index < -0.39 is 33.7 Å². The van der Waals surface area contributed by atoms with Gasteiger partial charge in [0.25, 0.3) is 5.79 Å². The van der Waals surface area contributed by atoms with Gasteiger partial charge in [0.15, 0.2) is 0 Å². The lowest BCUT2D eigenvalue weighted by Crippen LogP contribution is -2.82. The zero-order valence-electron chi connectivity index (χ0n) is 25.5. The van der Waals surface area contributed by atoms with Gasteiger partial charge in [0.1, 0.15) is 0 Å². The first kappa shape index (κ1) is 38.5. The van der Waals surface area contributed by atoms with Crippen LogP contribution >= 0.6 is 0 Å². The van der Waals surface area contributed by atoms with Crippen molar-refractivity contribution >= 4 is 10.4 Å². The predicted octanol–water partition coefficient (Wildman–Crippen LogP) is 4.81. The second-order valence-corrected chi connectivity index (χ2v) is 9.35. The van der Waals surface area contributed by atoms with Crippen molar-refractivity contribution in [2.75, 3.05) is 52.9 Å². The summed E-state index contributed by atoms with van der Waals surface area (Å²) >= 11 is 0. The lowest BCUT2D eigenvalue weighted by molar-refractivity contribution is -0.572. The van der Waals surface area contributed by atoms with Crippen LogP contribution in [-0.2, 0) is 52.5 Å². The molecule has 12 nitrogen and oxygen atoms in total. The van der Waals surface area contributed by atoms with E-state index in [1.807, 2.05) is 0 Å². The summed E-state index contributed by atoms with van der Waals surface area (Å²) in [5.74, 6) is -9.18. The Morgan fingerprint density at radius 2 is 0.897 bits per heavy atom. The van der Waals surface area contributed by atoms with Gasteiger partial charge in [-0.1, -0.05) is 26.2 Å². The smallest absolute Gasteiger partial charge is 0.345 e. The lowest BCUT2D eigenvalue weighted by Gasteiger charge is -2.59. The molecular formula is C26H54O12S. The largest absolute Gasteiger partial charge is 0.402 e. The Labute approximate surface area is 236 Å². The minimum absolute atomic E-state index is 0.0267. The molecule has 236 valence electrons. The molecule has 0 unspecified atom stereocenters. The minimum atomic E-state index is -5.23. The molecule has 0 aliphatic rings. The van der Waals surface area contributed by atoms with Crippen molar-refractivity contribution in [3.63, 3.8) is 0 Å². The maximum absolute atomic E-state index is 12.4. The molecule has 39 heavy (non-hydrogen) atoms. The summed E-state index contributed by atoms with van der Waals surface area (Å²) in [6.07, 6.45) is 3.71. The second-order valence-electron chi connectivity index (χ2n) is 8.33. The van der Waals surface area contributed by atoms with Crippen LogP contribution < -0.4 is 0 Å². The molecule has 1 N–H and O–H groups in total. The molecule has 0 atom stereocenters. The van der Waals surface area contributed by atoms with Crippen molar-refractivity contribution in [2.24, 2.45) is 0 Å². The van der Waals surface area contributed by atoms with Gasteiger partial charge in [-0.05, 0) is 61.8 Å². The van der Waals surface area contributed by atoms with Crippen molar-refractivity contribution < 1.29 is 55.0 Å². The van der Waals surface area contributed by atoms with Gasteiger partial charge in [0.2, 0.25) is 5.79 Å². The fraction of sp³-hybridized carbons (Fsp3) is 1.00. The SMILES string of the molecule is CCCCCCC(OCC)(OCC)C(OCC)(OCC)C(OCC)(OCC)C(OCC)(OCC)OS(=O)(=O)O. The van der Waals surface area contributed by atoms with Crippen LogP contribution in [0, 0.1) is 0 Å². The molecule has 13 heteroatoms. The first-order valence-corrected chi connectivity index (χ1v) is 15.7. The topological polar surface area (TPSA) is 137 Å². The number of ether oxygens (including phenoxy) is 8. The molecule has 0 aromatic carbocycles. The highest BCUT2D eigenvalue weighted by Gasteiger charge is 2.80. The van der Waals surface area contributed by atoms with Crippen molar-refractivity contribution in [1.82, 2.24) is 0 Å². The van der Waals surface area contributed by atoms with Gasteiger partial charge in [-0.25, -0.2) is 0 Å². The monoisotopic (exact) mass is 590 g/mol. The van der Waals surface area contributed by atoms with E-state index in [1.165, 1.54) is 0 Å². The first-order valence-electron chi connectivity index (χ1n) is 14.3. The van der Waals surface area contributed by atoms with Crippen LogP contribution in [0.25, 0.3) is 0 Å². The summed E-state index contributed by atoms with van der Waals surface area (Å²) in [4.78, 5) is 0. The maximum atomic E-state index is 12.4. The van der Waals surface area contributed by atoms with E-state index >= 15 is 0 Å². The molecule has 0 aliphatic heterocycles. The van der Waals surface area contributed by atoms with E-state index in [1.54, 1.807) is 55.4 Å². The predicted molar refractivity (Wildman–Crippen MR) is 145 cm³/mol. The van der Waals surface area contributed by atoms with Crippen molar-refractivity contribution in [3.05, 3.63) is 0 Å². The molecule has 0 rings (SSSR count). The molecule has 0 aromatic heterocycles. The highest BCUT2D eigenvalue weighted by Crippen LogP contribution is 2.53. The Hall–Kier alpha value is -0.450. The standard InChI is InChI=1S/C26H54O12S/c1-10-19-20-21-22-23(30-11-2,31-12-3)24(32-13-4,33-14-5)25(34-15-6,35-16-7)26(36-17-8,37-18-9)38-39(27,28)29/h10-22H2,1-9H3,(H,27,28,29). The van der Waals surface area contributed by atoms with Gasteiger partial charge in [-0.2, -0.15) is 12.6 Å². The van der Waals surface area contributed by atoms with E-state index in [2.05, 4.69) is 6.92 Å². The molecule has 0 aromatic rings. The Balaban J connectivity index is 8.10. The molecule has 0 saturated carbocycles. The Morgan fingerprint density at radius 3 is 1.23 bits per heavy atom. The van der Waals surface area contributed by atoms with Crippen LogP contribution in [0.15, 0.2) is 0 Å². The molecule has 0 radical (unpaired) electrons.